The molecule has 8 heteroatoms. The SMILES string of the molecule is CS(=O)(=O)N1CCCc2cc(C(=O)N3CCCC(c4nc5ccccc5s4)C3)ccc21. The first-order valence-corrected chi connectivity index (χ1v) is 13.3. The number of hydrogen-bond donors (Lipinski definition) is 0. The number of piperidine rings is 1. The molecule has 6 nitrogen and oxygen atoms in total. The van der Waals surface area contributed by atoms with Gasteiger partial charge in [0.15, 0.2) is 0 Å². The maximum absolute atomic E-state index is 13.3. The molecule has 2 aliphatic heterocycles. The van der Waals surface area contributed by atoms with Gasteiger partial charge in [-0.3, -0.25) is 9.10 Å². The highest BCUT2D eigenvalue weighted by atomic mass is 32.2. The van der Waals surface area contributed by atoms with Gasteiger partial charge in [-0.1, -0.05) is 12.1 Å². The number of amides is 1. The predicted octanol–water partition coefficient (Wildman–Crippen LogP) is 4.03. The molecule has 3 aromatic rings. The second kappa shape index (κ2) is 7.91. The molecule has 1 unspecified atom stereocenters. The van der Waals surface area contributed by atoms with Gasteiger partial charge in [0.05, 0.1) is 27.2 Å². The zero-order chi connectivity index (χ0) is 21.6. The van der Waals surface area contributed by atoms with Crippen LogP contribution in [-0.4, -0.2) is 50.1 Å². The monoisotopic (exact) mass is 455 g/mol. The summed E-state index contributed by atoms with van der Waals surface area (Å²) >= 11 is 1.72. The number of likely N-dealkylation sites (tertiary alicyclic amines) is 1. The van der Waals surface area contributed by atoms with E-state index in [0.29, 0.717) is 24.3 Å². The van der Waals surface area contributed by atoms with Crippen molar-refractivity contribution in [3.05, 3.63) is 58.6 Å². The quantitative estimate of drug-likeness (QED) is 0.598. The molecule has 31 heavy (non-hydrogen) atoms. The number of carbonyl (C=O) groups excluding carboxylic acids is 1. The minimum atomic E-state index is -3.31. The Balaban J connectivity index is 1.37. The predicted molar refractivity (Wildman–Crippen MR) is 124 cm³/mol. The highest BCUT2D eigenvalue weighted by Gasteiger charge is 2.29. The van der Waals surface area contributed by atoms with E-state index in [4.69, 9.17) is 4.98 Å². The van der Waals surface area contributed by atoms with Crippen LogP contribution in [0.5, 0.6) is 0 Å². The second-order valence-corrected chi connectivity index (χ2v) is 11.4. The van der Waals surface area contributed by atoms with Gasteiger partial charge in [0.25, 0.3) is 5.91 Å². The molecule has 5 rings (SSSR count). The Morgan fingerprint density at radius 3 is 2.77 bits per heavy atom. The third-order valence-electron chi connectivity index (χ3n) is 6.17. The summed E-state index contributed by atoms with van der Waals surface area (Å²) in [4.78, 5) is 20.0. The first-order chi connectivity index (χ1) is 14.9. The maximum Gasteiger partial charge on any atom is 0.253 e. The van der Waals surface area contributed by atoms with Gasteiger partial charge in [-0.05, 0) is 61.6 Å². The average molecular weight is 456 g/mol. The van der Waals surface area contributed by atoms with E-state index in [1.807, 2.05) is 29.2 Å². The van der Waals surface area contributed by atoms with E-state index >= 15 is 0 Å². The van der Waals surface area contributed by atoms with Crippen molar-refractivity contribution in [2.24, 2.45) is 0 Å². The number of carbonyl (C=O) groups is 1. The van der Waals surface area contributed by atoms with E-state index in [0.717, 1.165) is 48.3 Å². The van der Waals surface area contributed by atoms with E-state index in [9.17, 15) is 13.2 Å². The van der Waals surface area contributed by atoms with Gasteiger partial charge in [-0.25, -0.2) is 13.4 Å². The largest absolute Gasteiger partial charge is 0.338 e. The first-order valence-electron chi connectivity index (χ1n) is 10.7. The van der Waals surface area contributed by atoms with E-state index in [-0.39, 0.29) is 11.8 Å². The van der Waals surface area contributed by atoms with Crippen LogP contribution in [-0.2, 0) is 16.4 Å². The lowest BCUT2D eigenvalue weighted by Gasteiger charge is -2.33. The maximum atomic E-state index is 13.3. The minimum absolute atomic E-state index is 0.0186. The smallest absolute Gasteiger partial charge is 0.253 e. The topological polar surface area (TPSA) is 70.6 Å². The number of sulfonamides is 1. The third kappa shape index (κ3) is 3.94. The summed E-state index contributed by atoms with van der Waals surface area (Å²) in [5.74, 6) is 0.276. The lowest BCUT2D eigenvalue weighted by molar-refractivity contribution is 0.0707. The van der Waals surface area contributed by atoms with Gasteiger partial charge in [0.1, 0.15) is 0 Å². The van der Waals surface area contributed by atoms with Gasteiger partial charge in [-0.2, -0.15) is 0 Å². The molecule has 0 saturated carbocycles. The average Bonchev–Trinajstić information content (AvgIpc) is 3.22. The van der Waals surface area contributed by atoms with Crippen LogP contribution in [0.2, 0.25) is 0 Å². The molecule has 1 atom stereocenters. The van der Waals surface area contributed by atoms with E-state index < -0.39 is 10.0 Å². The first kappa shape index (κ1) is 20.5. The van der Waals surface area contributed by atoms with Crippen LogP contribution in [0, 0.1) is 0 Å². The molecule has 2 aliphatic rings. The summed E-state index contributed by atoms with van der Waals surface area (Å²) in [6.07, 6.45) is 4.78. The van der Waals surface area contributed by atoms with Gasteiger partial charge < -0.3 is 4.90 Å². The summed E-state index contributed by atoms with van der Waals surface area (Å²) < 4.78 is 26.8. The fourth-order valence-electron chi connectivity index (χ4n) is 4.65. The Morgan fingerprint density at radius 2 is 1.97 bits per heavy atom. The number of thiazole rings is 1. The van der Waals surface area contributed by atoms with Crippen molar-refractivity contribution < 1.29 is 13.2 Å². The molecule has 3 heterocycles. The molecule has 0 aliphatic carbocycles. The Bertz CT molecular complexity index is 1220. The third-order valence-corrected chi connectivity index (χ3v) is 8.55. The van der Waals surface area contributed by atoms with Gasteiger partial charge >= 0.3 is 0 Å². The van der Waals surface area contributed by atoms with Crippen LogP contribution in [0.15, 0.2) is 42.5 Å². The van der Waals surface area contributed by atoms with Crippen molar-refractivity contribution in [1.29, 1.82) is 0 Å². The molecular weight excluding hydrogens is 430 g/mol. The van der Waals surface area contributed by atoms with Crippen molar-refractivity contribution in [3.63, 3.8) is 0 Å². The number of nitrogens with zero attached hydrogens (tertiary/aromatic N) is 3. The number of fused-ring (bicyclic) bond motifs is 2. The van der Waals surface area contributed by atoms with Crippen molar-refractivity contribution in [2.45, 2.75) is 31.6 Å². The minimum Gasteiger partial charge on any atom is -0.338 e. The molecule has 0 N–H and O–H groups in total. The van der Waals surface area contributed by atoms with Crippen LogP contribution >= 0.6 is 11.3 Å². The molecule has 0 spiro atoms. The molecule has 1 fully saturated rings. The number of rotatable bonds is 3. The summed E-state index contributed by atoms with van der Waals surface area (Å²) in [7, 11) is -3.31. The summed E-state index contributed by atoms with van der Waals surface area (Å²) in [6.45, 7) is 1.91. The molecule has 162 valence electrons. The molecular formula is C23H25N3O3S2. The van der Waals surface area contributed by atoms with Crippen LogP contribution in [0.25, 0.3) is 10.2 Å². The van der Waals surface area contributed by atoms with Crippen molar-refractivity contribution in [1.82, 2.24) is 9.88 Å². The Hall–Kier alpha value is -2.45. The number of benzene rings is 2. The van der Waals surface area contributed by atoms with E-state index in [1.165, 1.54) is 15.3 Å². The van der Waals surface area contributed by atoms with Gasteiger partial charge in [-0.15, -0.1) is 11.3 Å². The van der Waals surface area contributed by atoms with Crippen LogP contribution in [0.4, 0.5) is 5.69 Å². The van der Waals surface area contributed by atoms with Crippen molar-refractivity contribution >= 4 is 43.2 Å². The number of anilines is 1. The Morgan fingerprint density at radius 1 is 1.13 bits per heavy atom. The van der Waals surface area contributed by atoms with Crippen molar-refractivity contribution in [2.75, 3.05) is 30.2 Å². The molecule has 1 aromatic heterocycles. The highest BCUT2D eigenvalue weighted by Crippen LogP contribution is 2.34. The van der Waals surface area contributed by atoms with Gasteiger partial charge in [0.2, 0.25) is 10.0 Å². The Kier molecular flexibility index (Phi) is 5.22. The second-order valence-electron chi connectivity index (χ2n) is 8.39. The number of hydrogen-bond acceptors (Lipinski definition) is 5. The summed E-state index contributed by atoms with van der Waals surface area (Å²) in [5, 5.41) is 1.10. The zero-order valence-corrected chi connectivity index (χ0v) is 19.1. The van der Waals surface area contributed by atoms with E-state index in [1.54, 1.807) is 23.5 Å². The van der Waals surface area contributed by atoms with Crippen LogP contribution in [0.1, 0.15) is 46.1 Å². The standard InChI is InChI=1S/C23H25N3O3S2/c1-31(28,29)26-13-5-6-16-14-17(10-11-20(16)26)23(27)25-12-4-7-18(15-25)22-24-19-8-2-3-9-21(19)30-22/h2-3,8-11,14,18H,4-7,12-13,15H2,1H3. The van der Waals surface area contributed by atoms with Crippen molar-refractivity contribution in [3.8, 4) is 0 Å². The molecule has 0 bridgehead atoms. The highest BCUT2D eigenvalue weighted by molar-refractivity contribution is 7.92. The zero-order valence-electron chi connectivity index (χ0n) is 17.5. The number of para-hydroxylation sites is 1. The lowest BCUT2D eigenvalue weighted by Crippen LogP contribution is -2.39. The van der Waals surface area contributed by atoms with E-state index in [2.05, 4.69) is 6.07 Å². The Labute approximate surface area is 186 Å². The summed E-state index contributed by atoms with van der Waals surface area (Å²) in [6, 6.07) is 13.6. The van der Waals surface area contributed by atoms with Crippen LogP contribution < -0.4 is 4.31 Å². The molecule has 2 aromatic carbocycles. The number of aryl methyl sites for hydroxylation is 1. The van der Waals surface area contributed by atoms with Gasteiger partial charge in [0, 0.05) is 31.1 Å². The fraction of sp³-hybridized carbons (Fsp3) is 0.391. The lowest BCUT2D eigenvalue weighted by atomic mass is 9.96. The number of aromatic nitrogens is 1. The molecule has 0 radical (unpaired) electrons. The molecule has 1 saturated heterocycles. The molecule has 1 amide bonds. The normalized spacial score (nSPS) is 19.5. The van der Waals surface area contributed by atoms with Crippen LogP contribution in [0.3, 0.4) is 0 Å². The fourth-order valence-corrected chi connectivity index (χ4v) is 6.74. The summed E-state index contributed by atoms with van der Waals surface area (Å²) in [5.41, 5.74) is 3.30.